The molecule has 4 aromatic rings. The van der Waals surface area contributed by atoms with Gasteiger partial charge >= 0.3 is 0 Å². The van der Waals surface area contributed by atoms with Gasteiger partial charge in [0.2, 0.25) is 11.9 Å². The number of hydrogen-bond acceptors (Lipinski definition) is 6. The van der Waals surface area contributed by atoms with E-state index in [0.717, 1.165) is 28.7 Å². The molecule has 0 saturated heterocycles. The zero-order valence-corrected chi connectivity index (χ0v) is 17.1. The van der Waals surface area contributed by atoms with E-state index in [4.69, 9.17) is 10.5 Å². The summed E-state index contributed by atoms with van der Waals surface area (Å²) < 4.78 is 5.13. The van der Waals surface area contributed by atoms with Crippen molar-refractivity contribution in [3.8, 4) is 0 Å². The van der Waals surface area contributed by atoms with Gasteiger partial charge in [0.1, 0.15) is 5.82 Å². The van der Waals surface area contributed by atoms with Crippen LogP contribution in [0.3, 0.4) is 0 Å². The monoisotopic (exact) mass is 413 g/mol. The van der Waals surface area contributed by atoms with Crippen molar-refractivity contribution in [1.29, 1.82) is 0 Å². The number of carbonyl (C=O) groups excluding carboxylic acids is 1. The average molecular weight is 413 g/mol. The van der Waals surface area contributed by atoms with Gasteiger partial charge in [-0.05, 0) is 60.5 Å². The van der Waals surface area contributed by atoms with Gasteiger partial charge in [-0.1, -0.05) is 24.3 Å². The van der Waals surface area contributed by atoms with Crippen molar-refractivity contribution in [3.63, 3.8) is 0 Å². The average Bonchev–Trinajstić information content (AvgIpc) is 2.79. The molecule has 0 spiro atoms. The number of amides is 1. The van der Waals surface area contributed by atoms with Crippen molar-refractivity contribution in [1.82, 2.24) is 9.97 Å². The maximum absolute atomic E-state index is 11.3. The molecule has 4 N–H and O–H groups in total. The van der Waals surface area contributed by atoms with Crippen LogP contribution in [0.2, 0.25) is 0 Å². The number of para-hydroxylation sites is 1. The highest BCUT2D eigenvalue weighted by Gasteiger charge is 2.09. The van der Waals surface area contributed by atoms with Crippen LogP contribution >= 0.6 is 0 Å². The molecule has 0 bridgehead atoms. The first-order chi connectivity index (χ1) is 15.1. The van der Waals surface area contributed by atoms with Crippen LogP contribution in [0.1, 0.15) is 15.9 Å². The molecule has 0 atom stereocenters. The Morgan fingerprint density at radius 3 is 2.29 bits per heavy atom. The second-order valence-electron chi connectivity index (χ2n) is 7.04. The number of rotatable bonds is 8. The first-order valence-electron chi connectivity index (χ1n) is 9.91. The molecular weight excluding hydrogens is 390 g/mol. The molecule has 7 nitrogen and oxygen atoms in total. The van der Waals surface area contributed by atoms with Gasteiger partial charge < -0.3 is 21.1 Å². The fourth-order valence-corrected chi connectivity index (χ4v) is 3.19. The van der Waals surface area contributed by atoms with Gasteiger partial charge in [0.15, 0.2) is 0 Å². The molecule has 0 aliphatic heterocycles. The number of carbonyl (C=O) groups is 1. The summed E-state index contributed by atoms with van der Waals surface area (Å²) >= 11 is 0. The number of fused-ring (bicyclic) bond motifs is 1. The standard InChI is InChI=1S/C24H23N5O2/c1-31-15-14-16-6-10-19(11-7-16)27-24-28-21-5-3-2-4-20(21)23(29-24)26-18-12-8-17(9-13-18)22(25)30/h2-13H,14-15H2,1H3,(H2,25,30)(H2,26,27,28,29). The molecule has 4 rings (SSSR count). The van der Waals surface area contributed by atoms with Crippen LogP contribution < -0.4 is 16.4 Å². The molecule has 0 radical (unpaired) electrons. The first-order valence-corrected chi connectivity index (χ1v) is 9.91. The SMILES string of the molecule is COCCc1ccc(Nc2nc(Nc3ccc(C(N)=O)cc3)c3ccccc3n2)cc1. The molecule has 0 aliphatic rings. The third-order valence-electron chi connectivity index (χ3n) is 4.84. The Hall–Kier alpha value is -3.97. The van der Waals surface area contributed by atoms with Crippen molar-refractivity contribution in [2.75, 3.05) is 24.4 Å². The van der Waals surface area contributed by atoms with Crippen LogP contribution in [0.5, 0.6) is 0 Å². The third kappa shape index (κ3) is 4.96. The Kier molecular flexibility index (Phi) is 6.05. The van der Waals surface area contributed by atoms with Crippen LogP contribution in [0, 0.1) is 0 Å². The Morgan fingerprint density at radius 2 is 1.58 bits per heavy atom. The fraction of sp³-hybridized carbons (Fsp3) is 0.125. The lowest BCUT2D eigenvalue weighted by atomic mass is 10.1. The largest absolute Gasteiger partial charge is 0.384 e. The summed E-state index contributed by atoms with van der Waals surface area (Å²) in [4.78, 5) is 20.6. The normalized spacial score (nSPS) is 10.7. The number of ether oxygens (including phenoxy) is 1. The summed E-state index contributed by atoms with van der Waals surface area (Å²) in [5.74, 6) is 0.690. The van der Waals surface area contributed by atoms with E-state index in [1.807, 2.05) is 36.4 Å². The van der Waals surface area contributed by atoms with Gasteiger partial charge in [-0.3, -0.25) is 4.79 Å². The van der Waals surface area contributed by atoms with E-state index in [2.05, 4.69) is 32.7 Å². The van der Waals surface area contributed by atoms with Crippen LogP contribution in [-0.4, -0.2) is 29.6 Å². The molecule has 1 amide bonds. The number of hydrogen-bond donors (Lipinski definition) is 3. The van der Waals surface area contributed by atoms with E-state index < -0.39 is 5.91 Å². The Bertz CT molecular complexity index is 1190. The molecule has 1 aromatic heterocycles. The van der Waals surface area contributed by atoms with Crippen LogP contribution in [0.25, 0.3) is 10.9 Å². The number of benzene rings is 3. The summed E-state index contributed by atoms with van der Waals surface area (Å²) in [6.07, 6.45) is 0.867. The molecule has 0 fully saturated rings. The van der Waals surface area contributed by atoms with Crippen molar-refractivity contribution < 1.29 is 9.53 Å². The van der Waals surface area contributed by atoms with Gasteiger partial charge in [-0.25, -0.2) is 4.98 Å². The summed E-state index contributed by atoms with van der Waals surface area (Å²) in [6.45, 7) is 0.690. The molecule has 0 saturated carbocycles. The highest BCUT2D eigenvalue weighted by molar-refractivity contribution is 5.94. The first kappa shape index (κ1) is 20.3. The zero-order valence-electron chi connectivity index (χ0n) is 17.1. The van der Waals surface area contributed by atoms with E-state index >= 15 is 0 Å². The van der Waals surface area contributed by atoms with Crippen LogP contribution in [0.15, 0.2) is 72.8 Å². The molecule has 156 valence electrons. The minimum Gasteiger partial charge on any atom is -0.384 e. The van der Waals surface area contributed by atoms with Gasteiger partial charge in [-0.2, -0.15) is 4.98 Å². The molecule has 3 aromatic carbocycles. The third-order valence-corrected chi connectivity index (χ3v) is 4.84. The van der Waals surface area contributed by atoms with Crippen molar-refractivity contribution in [2.24, 2.45) is 5.73 Å². The molecule has 7 heteroatoms. The second kappa shape index (κ2) is 9.23. The zero-order chi connectivity index (χ0) is 21.6. The Labute approximate surface area is 180 Å². The minimum absolute atomic E-state index is 0.453. The smallest absolute Gasteiger partial charge is 0.248 e. The second-order valence-corrected chi connectivity index (χ2v) is 7.04. The fourth-order valence-electron chi connectivity index (χ4n) is 3.19. The highest BCUT2D eigenvalue weighted by atomic mass is 16.5. The predicted octanol–water partition coefficient (Wildman–Crippen LogP) is 4.40. The lowest BCUT2D eigenvalue weighted by Crippen LogP contribution is -2.10. The molecule has 31 heavy (non-hydrogen) atoms. The van der Waals surface area contributed by atoms with E-state index in [0.29, 0.717) is 23.9 Å². The van der Waals surface area contributed by atoms with Crippen molar-refractivity contribution in [2.45, 2.75) is 6.42 Å². The van der Waals surface area contributed by atoms with Gasteiger partial charge in [0, 0.05) is 29.4 Å². The highest BCUT2D eigenvalue weighted by Crippen LogP contribution is 2.26. The molecule has 0 unspecified atom stereocenters. The number of nitrogens with zero attached hydrogens (tertiary/aromatic N) is 2. The Balaban J connectivity index is 1.60. The summed E-state index contributed by atoms with van der Waals surface area (Å²) in [6, 6.07) is 22.8. The summed E-state index contributed by atoms with van der Waals surface area (Å²) in [7, 11) is 1.70. The number of nitrogens with one attached hydrogen (secondary N) is 2. The van der Waals surface area contributed by atoms with E-state index in [1.54, 1.807) is 31.4 Å². The molecule has 0 aliphatic carbocycles. The van der Waals surface area contributed by atoms with E-state index in [-0.39, 0.29) is 0 Å². The predicted molar refractivity (Wildman–Crippen MR) is 123 cm³/mol. The summed E-state index contributed by atoms with van der Waals surface area (Å²) in [5, 5.41) is 7.48. The number of primary amides is 1. The van der Waals surface area contributed by atoms with Crippen LogP contribution in [-0.2, 0) is 11.2 Å². The topological polar surface area (TPSA) is 102 Å². The van der Waals surface area contributed by atoms with E-state index in [1.165, 1.54) is 5.56 Å². The number of aromatic nitrogens is 2. The van der Waals surface area contributed by atoms with E-state index in [9.17, 15) is 4.79 Å². The Morgan fingerprint density at radius 1 is 0.903 bits per heavy atom. The van der Waals surface area contributed by atoms with Gasteiger partial charge in [0.25, 0.3) is 0 Å². The molecule has 1 heterocycles. The molecular formula is C24H23N5O2. The van der Waals surface area contributed by atoms with Gasteiger partial charge in [-0.15, -0.1) is 0 Å². The van der Waals surface area contributed by atoms with Crippen molar-refractivity contribution >= 4 is 40.0 Å². The van der Waals surface area contributed by atoms with Crippen molar-refractivity contribution in [3.05, 3.63) is 83.9 Å². The minimum atomic E-state index is -0.459. The number of anilines is 4. The lowest BCUT2D eigenvalue weighted by molar-refractivity contribution is 0.100. The maximum atomic E-state index is 11.3. The lowest BCUT2D eigenvalue weighted by Gasteiger charge is -2.12. The van der Waals surface area contributed by atoms with Gasteiger partial charge in [0.05, 0.1) is 12.1 Å². The van der Waals surface area contributed by atoms with Crippen LogP contribution in [0.4, 0.5) is 23.1 Å². The number of methoxy groups -OCH3 is 1. The maximum Gasteiger partial charge on any atom is 0.248 e. The quantitative estimate of drug-likeness (QED) is 0.396. The summed E-state index contributed by atoms with van der Waals surface area (Å²) in [5.41, 5.74) is 9.48. The number of nitrogens with two attached hydrogens (primary N) is 1.